The first-order valence-electron chi connectivity index (χ1n) is 6.18. The number of carbonyl (C=O) groups excluding carboxylic acids is 1. The number of carbonyl (C=O) groups is 2. The molecule has 1 aliphatic heterocycles. The Labute approximate surface area is 116 Å². The zero-order valence-electron chi connectivity index (χ0n) is 11.2. The third kappa shape index (κ3) is 1.96. The summed E-state index contributed by atoms with van der Waals surface area (Å²) in [7, 11) is 0. The number of aromatic nitrogens is 1. The second kappa shape index (κ2) is 4.77. The molecule has 0 atom stereocenters. The highest BCUT2D eigenvalue weighted by molar-refractivity contribution is 7.80. The smallest absolute Gasteiger partial charge is 0.334 e. The zero-order valence-corrected chi connectivity index (χ0v) is 12.0. The molecular formula is C13H16N2O3S. The number of aliphatic carboxylic acids is 1. The molecule has 1 aliphatic rings. The first-order valence-corrected chi connectivity index (χ1v) is 6.59. The van der Waals surface area contributed by atoms with Crippen molar-refractivity contribution in [3.63, 3.8) is 0 Å². The van der Waals surface area contributed by atoms with E-state index in [1.54, 1.807) is 4.57 Å². The third-order valence-corrected chi connectivity index (χ3v) is 3.88. The van der Waals surface area contributed by atoms with E-state index in [0.29, 0.717) is 10.7 Å². The van der Waals surface area contributed by atoms with E-state index in [0.717, 1.165) is 34.6 Å². The maximum atomic E-state index is 12.3. The van der Waals surface area contributed by atoms with Gasteiger partial charge >= 0.3 is 12.0 Å². The lowest BCUT2D eigenvalue weighted by Gasteiger charge is -2.13. The van der Waals surface area contributed by atoms with Crippen molar-refractivity contribution in [3.8, 4) is 0 Å². The zero-order chi connectivity index (χ0) is 14.3. The molecule has 5 nitrogen and oxygen atoms in total. The Kier molecular flexibility index (Phi) is 3.45. The van der Waals surface area contributed by atoms with Gasteiger partial charge in [0, 0.05) is 5.69 Å². The van der Waals surface area contributed by atoms with E-state index in [-0.39, 0.29) is 12.6 Å². The first kappa shape index (κ1) is 13.7. The fourth-order valence-corrected chi connectivity index (χ4v) is 3.00. The van der Waals surface area contributed by atoms with Crippen LogP contribution >= 0.6 is 12.2 Å². The summed E-state index contributed by atoms with van der Waals surface area (Å²) in [5, 5.41) is 8.84. The summed E-state index contributed by atoms with van der Waals surface area (Å²) >= 11 is 5.26. The van der Waals surface area contributed by atoms with Gasteiger partial charge in [-0.1, -0.05) is 25.6 Å². The van der Waals surface area contributed by atoms with E-state index in [1.807, 2.05) is 13.8 Å². The number of amides is 1. The van der Waals surface area contributed by atoms with Gasteiger partial charge in [-0.3, -0.25) is 14.3 Å². The number of thiocarbonyl (C=S) groups is 1. The van der Waals surface area contributed by atoms with Crippen LogP contribution in [0.1, 0.15) is 35.9 Å². The Hall–Kier alpha value is -1.69. The molecule has 0 spiro atoms. The number of hydrogen-bond donors (Lipinski definition) is 1. The number of fused-ring (bicyclic) bond motifs is 1. The van der Waals surface area contributed by atoms with Crippen LogP contribution in [-0.4, -0.2) is 38.1 Å². The van der Waals surface area contributed by atoms with Crippen molar-refractivity contribution in [2.45, 2.75) is 33.6 Å². The molecule has 0 radical (unpaired) electrons. The number of carboxylic acid groups (broad SMARTS) is 1. The number of rotatable bonds is 4. The molecule has 0 saturated heterocycles. The maximum Gasteiger partial charge on any atom is 0.334 e. The van der Waals surface area contributed by atoms with Crippen molar-refractivity contribution >= 4 is 29.2 Å². The summed E-state index contributed by atoms with van der Waals surface area (Å²) in [6, 6.07) is -0.356. The predicted octanol–water partition coefficient (Wildman–Crippen LogP) is 2.10. The van der Waals surface area contributed by atoms with E-state index < -0.39 is 5.97 Å². The van der Waals surface area contributed by atoms with E-state index >= 15 is 0 Å². The molecule has 1 N–H and O–H groups in total. The van der Waals surface area contributed by atoms with Crippen molar-refractivity contribution in [1.82, 2.24) is 9.47 Å². The average Bonchev–Trinajstić information content (AvgIpc) is 2.72. The Bertz CT molecular complexity index is 550. The first-order chi connectivity index (χ1) is 8.90. The summed E-state index contributed by atoms with van der Waals surface area (Å²) in [6.45, 7) is 5.51. The molecule has 19 heavy (non-hydrogen) atoms. The molecule has 0 saturated carbocycles. The van der Waals surface area contributed by atoms with Gasteiger partial charge in [0.15, 0.2) is 0 Å². The third-order valence-electron chi connectivity index (χ3n) is 3.47. The minimum absolute atomic E-state index is 0.315. The van der Waals surface area contributed by atoms with E-state index in [4.69, 9.17) is 17.3 Å². The molecule has 2 heterocycles. The summed E-state index contributed by atoms with van der Waals surface area (Å²) in [5.41, 5.74) is 3.69. The lowest BCUT2D eigenvalue weighted by Crippen LogP contribution is -2.35. The van der Waals surface area contributed by atoms with Crippen LogP contribution in [0.15, 0.2) is 0 Å². The molecule has 1 aromatic rings. The minimum Gasteiger partial charge on any atom is -0.480 e. The number of nitrogens with zero attached hydrogens (tertiary/aromatic N) is 2. The molecule has 1 amide bonds. The van der Waals surface area contributed by atoms with Gasteiger partial charge in [0.05, 0.1) is 5.69 Å². The van der Waals surface area contributed by atoms with Gasteiger partial charge in [0.25, 0.3) is 0 Å². The molecule has 1 aromatic heterocycles. The Morgan fingerprint density at radius 2 is 2.00 bits per heavy atom. The number of hydrogen-bond acceptors (Lipinski definition) is 3. The molecule has 2 rings (SSSR count). The van der Waals surface area contributed by atoms with Crippen LogP contribution in [0.3, 0.4) is 0 Å². The van der Waals surface area contributed by atoms with Crippen LogP contribution < -0.4 is 0 Å². The molecule has 0 bridgehead atoms. The van der Waals surface area contributed by atoms with Crippen LogP contribution in [-0.2, 0) is 11.2 Å². The molecule has 0 unspecified atom stereocenters. The highest BCUT2D eigenvalue weighted by Crippen LogP contribution is 2.30. The van der Waals surface area contributed by atoms with Crippen LogP contribution in [0.25, 0.3) is 0 Å². The Morgan fingerprint density at radius 1 is 1.37 bits per heavy atom. The highest BCUT2D eigenvalue weighted by atomic mass is 32.1. The fourth-order valence-electron chi connectivity index (χ4n) is 2.61. The molecule has 0 aliphatic carbocycles. The highest BCUT2D eigenvalue weighted by Gasteiger charge is 2.37. The van der Waals surface area contributed by atoms with Gasteiger partial charge < -0.3 is 5.11 Å². The van der Waals surface area contributed by atoms with Gasteiger partial charge in [0.1, 0.15) is 11.5 Å². The normalized spacial score (nSPS) is 14.2. The number of carboxylic acids is 1. The van der Waals surface area contributed by atoms with Crippen molar-refractivity contribution in [2.24, 2.45) is 0 Å². The summed E-state index contributed by atoms with van der Waals surface area (Å²) in [5.74, 6) is -1.06. The van der Waals surface area contributed by atoms with Crippen LogP contribution in [0, 0.1) is 13.8 Å². The average molecular weight is 280 g/mol. The lowest BCUT2D eigenvalue weighted by atomic mass is 10.1. The Balaban J connectivity index is 2.51. The van der Waals surface area contributed by atoms with Crippen LogP contribution in [0.2, 0.25) is 0 Å². The van der Waals surface area contributed by atoms with Crippen molar-refractivity contribution in [3.05, 3.63) is 22.5 Å². The molecule has 102 valence electrons. The van der Waals surface area contributed by atoms with Gasteiger partial charge in [-0.05, 0) is 31.4 Å². The fraction of sp³-hybridized carbons (Fsp3) is 0.462. The quantitative estimate of drug-likeness (QED) is 0.858. The monoisotopic (exact) mass is 280 g/mol. The second-order valence-corrected chi connectivity index (χ2v) is 5.08. The van der Waals surface area contributed by atoms with Crippen LogP contribution in [0.4, 0.5) is 4.79 Å². The van der Waals surface area contributed by atoms with E-state index in [1.165, 1.54) is 0 Å². The molecular weight excluding hydrogens is 264 g/mol. The van der Waals surface area contributed by atoms with Crippen LogP contribution in [0.5, 0.6) is 0 Å². The topological polar surface area (TPSA) is 62.5 Å². The van der Waals surface area contributed by atoms with Gasteiger partial charge in [-0.15, -0.1) is 0 Å². The lowest BCUT2D eigenvalue weighted by molar-refractivity contribution is -0.136. The standard InChI is InChI=1S/C13H16N2O3S/c1-4-5-9-7(2)11-12(19)14(6-10(16)17)13(18)15(11)8(9)3/h4-6H2,1-3H3,(H,16,17). The predicted molar refractivity (Wildman–Crippen MR) is 74.7 cm³/mol. The van der Waals surface area contributed by atoms with Crippen molar-refractivity contribution in [2.75, 3.05) is 6.54 Å². The summed E-state index contributed by atoms with van der Waals surface area (Å²) < 4.78 is 1.55. The van der Waals surface area contributed by atoms with E-state index in [2.05, 4.69) is 6.92 Å². The largest absolute Gasteiger partial charge is 0.480 e. The summed E-state index contributed by atoms with van der Waals surface area (Å²) in [6.07, 6.45) is 1.89. The second-order valence-electron chi connectivity index (χ2n) is 4.69. The van der Waals surface area contributed by atoms with E-state index in [9.17, 15) is 9.59 Å². The van der Waals surface area contributed by atoms with Crippen molar-refractivity contribution in [1.29, 1.82) is 0 Å². The summed E-state index contributed by atoms with van der Waals surface area (Å²) in [4.78, 5) is 24.5. The van der Waals surface area contributed by atoms with Gasteiger partial charge in [0.2, 0.25) is 0 Å². The van der Waals surface area contributed by atoms with Gasteiger partial charge in [-0.2, -0.15) is 0 Å². The SMILES string of the molecule is CCCc1c(C)c2n(c1C)C(=O)N(CC(=O)O)C2=S. The molecule has 0 fully saturated rings. The Morgan fingerprint density at radius 3 is 2.47 bits per heavy atom. The maximum absolute atomic E-state index is 12.3. The molecule has 6 heteroatoms. The molecule has 0 aromatic carbocycles. The minimum atomic E-state index is -1.06. The van der Waals surface area contributed by atoms with Gasteiger partial charge in [-0.25, -0.2) is 4.79 Å². The van der Waals surface area contributed by atoms with Crippen molar-refractivity contribution < 1.29 is 14.7 Å².